The third-order valence-electron chi connectivity index (χ3n) is 3.70. The van der Waals surface area contributed by atoms with E-state index >= 15 is 0 Å². The molecule has 0 amide bonds. The molecule has 0 aromatic heterocycles. The van der Waals surface area contributed by atoms with E-state index in [0.29, 0.717) is 6.04 Å². The monoisotopic (exact) mass is 256 g/mol. The molecular weight excluding hydrogens is 228 g/mol. The van der Waals surface area contributed by atoms with Gasteiger partial charge in [-0.25, -0.2) is 0 Å². The van der Waals surface area contributed by atoms with Crippen molar-refractivity contribution in [1.29, 1.82) is 0 Å². The molecule has 0 aromatic carbocycles. The number of esters is 1. The minimum atomic E-state index is -0.0610. The molecule has 0 aromatic rings. The second kappa shape index (κ2) is 7.74. The summed E-state index contributed by atoms with van der Waals surface area (Å²) in [5, 5.41) is 0. The number of methoxy groups -OCH3 is 1. The Kier molecular flexibility index (Phi) is 6.65. The summed E-state index contributed by atoms with van der Waals surface area (Å²) >= 11 is 0. The summed E-state index contributed by atoms with van der Waals surface area (Å²) in [7, 11) is 5.68. The maximum Gasteiger partial charge on any atom is 0.323 e. The lowest BCUT2D eigenvalue weighted by Gasteiger charge is -2.32. The van der Waals surface area contributed by atoms with Crippen molar-refractivity contribution in [3.8, 4) is 0 Å². The Labute approximate surface area is 111 Å². The number of ether oxygens (including phenoxy) is 1. The van der Waals surface area contributed by atoms with Crippen LogP contribution in [0.15, 0.2) is 0 Å². The van der Waals surface area contributed by atoms with E-state index in [1.54, 1.807) is 0 Å². The largest absolute Gasteiger partial charge is 0.468 e. The molecule has 1 saturated heterocycles. The Hall–Kier alpha value is -0.610. The summed E-state index contributed by atoms with van der Waals surface area (Å²) in [5.74, 6) is -0.0610. The lowest BCUT2D eigenvalue weighted by Crippen LogP contribution is -2.47. The van der Waals surface area contributed by atoms with Gasteiger partial charge in [0, 0.05) is 12.6 Å². The van der Waals surface area contributed by atoms with Gasteiger partial charge in [0.25, 0.3) is 0 Å². The number of rotatable bonds is 7. The van der Waals surface area contributed by atoms with E-state index in [0.717, 1.165) is 32.4 Å². The number of hydrogen-bond acceptors (Lipinski definition) is 4. The zero-order valence-corrected chi connectivity index (χ0v) is 12.3. The number of likely N-dealkylation sites (N-methyl/N-ethyl adjacent to an activating group) is 1. The third kappa shape index (κ3) is 4.25. The molecule has 4 heteroatoms. The summed E-state index contributed by atoms with van der Waals surface area (Å²) in [5.41, 5.74) is 0. The van der Waals surface area contributed by atoms with E-state index in [4.69, 9.17) is 4.74 Å². The first-order valence-electron chi connectivity index (χ1n) is 7.08. The van der Waals surface area contributed by atoms with Crippen LogP contribution in [-0.4, -0.2) is 62.1 Å². The average molecular weight is 256 g/mol. The molecule has 0 spiro atoms. The number of carbonyl (C=O) groups excluding carboxylic acids is 1. The average Bonchev–Trinajstić information content (AvgIpc) is 2.76. The van der Waals surface area contributed by atoms with Crippen LogP contribution in [0.5, 0.6) is 0 Å². The first-order valence-corrected chi connectivity index (χ1v) is 7.08. The van der Waals surface area contributed by atoms with Crippen LogP contribution in [0, 0.1) is 0 Å². The Balaban J connectivity index is 2.66. The highest BCUT2D eigenvalue weighted by molar-refractivity contribution is 5.75. The number of nitrogens with zero attached hydrogens (tertiary/aromatic N) is 2. The Morgan fingerprint density at radius 3 is 2.78 bits per heavy atom. The van der Waals surface area contributed by atoms with Crippen LogP contribution in [0.1, 0.15) is 39.0 Å². The van der Waals surface area contributed by atoms with E-state index in [2.05, 4.69) is 30.8 Å². The van der Waals surface area contributed by atoms with Gasteiger partial charge in [0.15, 0.2) is 0 Å². The molecule has 18 heavy (non-hydrogen) atoms. The minimum Gasteiger partial charge on any atom is -0.468 e. The van der Waals surface area contributed by atoms with Crippen molar-refractivity contribution in [3.05, 3.63) is 0 Å². The first-order chi connectivity index (χ1) is 8.60. The predicted octanol–water partition coefficient (Wildman–Crippen LogP) is 1.74. The molecule has 4 nitrogen and oxygen atoms in total. The minimum absolute atomic E-state index is 0.0394. The van der Waals surface area contributed by atoms with Crippen LogP contribution < -0.4 is 0 Å². The summed E-state index contributed by atoms with van der Waals surface area (Å²) in [6.07, 6.45) is 5.52. The van der Waals surface area contributed by atoms with Crippen molar-refractivity contribution < 1.29 is 9.53 Å². The highest BCUT2D eigenvalue weighted by Crippen LogP contribution is 2.24. The van der Waals surface area contributed by atoms with Crippen LogP contribution in [0.2, 0.25) is 0 Å². The van der Waals surface area contributed by atoms with E-state index in [1.165, 1.54) is 20.0 Å². The number of hydrogen-bond donors (Lipinski definition) is 0. The van der Waals surface area contributed by atoms with Gasteiger partial charge in [0.2, 0.25) is 0 Å². The Morgan fingerprint density at radius 1 is 1.50 bits per heavy atom. The topological polar surface area (TPSA) is 32.8 Å². The molecule has 2 unspecified atom stereocenters. The molecule has 0 aliphatic carbocycles. The van der Waals surface area contributed by atoms with Gasteiger partial charge in [-0.05, 0) is 39.9 Å². The van der Waals surface area contributed by atoms with Gasteiger partial charge in [0.1, 0.15) is 6.04 Å². The van der Waals surface area contributed by atoms with Crippen molar-refractivity contribution in [3.63, 3.8) is 0 Å². The molecule has 0 bridgehead atoms. The van der Waals surface area contributed by atoms with E-state index in [1.807, 2.05) is 0 Å². The fraction of sp³-hybridized carbons (Fsp3) is 0.929. The Morgan fingerprint density at radius 2 is 2.22 bits per heavy atom. The van der Waals surface area contributed by atoms with Gasteiger partial charge >= 0.3 is 5.97 Å². The standard InChI is InChI=1S/C14H28N2O2/c1-5-6-9-13(14(17)18-4)16-10-7-8-12(16)11-15(2)3/h12-13H,5-11H2,1-4H3. The molecular formula is C14H28N2O2. The maximum atomic E-state index is 12.0. The number of likely N-dealkylation sites (tertiary alicyclic amines) is 1. The molecule has 0 saturated carbocycles. The van der Waals surface area contributed by atoms with Gasteiger partial charge in [-0.2, -0.15) is 0 Å². The molecule has 1 rings (SSSR count). The number of unbranched alkanes of at least 4 members (excludes halogenated alkanes) is 1. The summed E-state index contributed by atoms with van der Waals surface area (Å²) in [6.45, 7) is 4.22. The third-order valence-corrected chi connectivity index (χ3v) is 3.70. The lowest BCUT2D eigenvalue weighted by atomic mass is 10.1. The second-order valence-corrected chi connectivity index (χ2v) is 5.48. The van der Waals surface area contributed by atoms with Crippen molar-refractivity contribution in [2.24, 2.45) is 0 Å². The van der Waals surface area contributed by atoms with E-state index in [9.17, 15) is 4.79 Å². The normalized spacial score (nSPS) is 22.4. The van der Waals surface area contributed by atoms with Crippen molar-refractivity contribution in [1.82, 2.24) is 9.80 Å². The van der Waals surface area contributed by atoms with Crippen LogP contribution >= 0.6 is 0 Å². The van der Waals surface area contributed by atoms with Crippen molar-refractivity contribution in [2.45, 2.75) is 51.1 Å². The van der Waals surface area contributed by atoms with Crippen molar-refractivity contribution >= 4 is 5.97 Å². The molecule has 1 aliphatic rings. The fourth-order valence-corrected chi connectivity index (χ4v) is 2.84. The van der Waals surface area contributed by atoms with Gasteiger partial charge in [-0.1, -0.05) is 19.8 Å². The van der Waals surface area contributed by atoms with Gasteiger partial charge in [-0.3, -0.25) is 9.69 Å². The Bertz CT molecular complexity index is 256. The van der Waals surface area contributed by atoms with Crippen LogP contribution in [-0.2, 0) is 9.53 Å². The molecule has 2 atom stereocenters. The van der Waals surface area contributed by atoms with Crippen LogP contribution in [0.3, 0.4) is 0 Å². The lowest BCUT2D eigenvalue weighted by molar-refractivity contribution is -0.147. The quantitative estimate of drug-likeness (QED) is 0.650. The zero-order valence-electron chi connectivity index (χ0n) is 12.3. The van der Waals surface area contributed by atoms with Gasteiger partial charge in [-0.15, -0.1) is 0 Å². The van der Waals surface area contributed by atoms with Gasteiger partial charge in [0.05, 0.1) is 7.11 Å². The molecule has 1 heterocycles. The highest BCUT2D eigenvalue weighted by atomic mass is 16.5. The summed E-state index contributed by atoms with van der Waals surface area (Å²) in [4.78, 5) is 16.5. The van der Waals surface area contributed by atoms with Crippen LogP contribution in [0.25, 0.3) is 0 Å². The number of carbonyl (C=O) groups is 1. The van der Waals surface area contributed by atoms with E-state index in [-0.39, 0.29) is 12.0 Å². The molecule has 106 valence electrons. The molecule has 1 aliphatic heterocycles. The smallest absolute Gasteiger partial charge is 0.323 e. The molecule has 1 fully saturated rings. The van der Waals surface area contributed by atoms with Crippen molar-refractivity contribution in [2.75, 3.05) is 34.3 Å². The molecule has 0 radical (unpaired) electrons. The predicted molar refractivity (Wildman–Crippen MR) is 73.6 cm³/mol. The van der Waals surface area contributed by atoms with Gasteiger partial charge < -0.3 is 9.64 Å². The zero-order chi connectivity index (χ0) is 13.5. The second-order valence-electron chi connectivity index (χ2n) is 5.48. The van der Waals surface area contributed by atoms with E-state index < -0.39 is 0 Å². The maximum absolute atomic E-state index is 12.0. The SMILES string of the molecule is CCCCC(C(=O)OC)N1CCCC1CN(C)C. The summed E-state index contributed by atoms with van der Waals surface area (Å²) < 4.78 is 4.98. The first kappa shape index (κ1) is 15.4. The van der Waals surface area contributed by atoms with Crippen LogP contribution in [0.4, 0.5) is 0 Å². The fourth-order valence-electron chi connectivity index (χ4n) is 2.84. The molecule has 0 N–H and O–H groups in total. The summed E-state index contributed by atoms with van der Waals surface area (Å²) in [6, 6.07) is 0.461. The highest BCUT2D eigenvalue weighted by Gasteiger charge is 2.34.